The van der Waals surface area contributed by atoms with Crippen molar-refractivity contribution in [2.75, 3.05) is 0 Å². The van der Waals surface area contributed by atoms with Gasteiger partial charge in [0, 0.05) is 22.7 Å². The van der Waals surface area contributed by atoms with Crippen molar-refractivity contribution in [3.8, 4) is 0 Å². The zero-order valence-electron chi connectivity index (χ0n) is 11.6. The molecule has 1 heterocycles. The molecule has 0 aromatic heterocycles. The fourth-order valence-electron chi connectivity index (χ4n) is 1.98. The van der Waals surface area contributed by atoms with E-state index in [1.54, 1.807) is 24.3 Å². The summed E-state index contributed by atoms with van der Waals surface area (Å²) in [6, 6.07) is 12.5. The van der Waals surface area contributed by atoms with Gasteiger partial charge in [-0.15, -0.1) is 0 Å². The Morgan fingerprint density at radius 3 is 2.35 bits per heavy atom. The maximum Gasteiger partial charge on any atom is 0.363 e. The molecule has 0 amide bonds. The van der Waals surface area contributed by atoms with Crippen LogP contribution in [0.5, 0.6) is 0 Å². The van der Waals surface area contributed by atoms with Crippen molar-refractivity contribution in [1.29, 1.82) is 0 Å². The van der Waals surface area contributed by atoms with Gasteiger partial charge in [-0.25, -0.2) is 9.79 Å². The summed E-state index contributed by atoms with van der Waals surface area (Å²) < 4.78 is 5.13. The number of carbonyl (C=O) groups is 1. The summed E-state index contributed by atoms with van der Waals surface area (Å²) in [6.45, 7) is 0. The van der Waals surface area contributed by atoms with Gasteiger partial charge in [-0.3, -0.25) is 10.1 Å². The lowest BCUT2D eigenvalue weighted by atomic mass is 10.2. The van der Waals surface area contributed by atoms with Crippen LogP contribution in [-0.2, 0) is 9.53 Å². The minimum Gasteiger partial charge on any atom is -0.402 e. The number of esters is 1. The highest BCUT2D eigenvalue weighted by atomic mass is 35.5. The topological polar surface area (TPSA) is 81.8 Å². The van der Waals surface area contributed by atoms with Crippen LogP contribution in [0.25, 0.3) is 6.08 Å². The number of nitrogens with zero attached hydrogens (tertiary/aromatic N) is 2. The maximum absolute atomic E-state index is 11.9. The van der Waals surface area contributed by atoms with E-state index in [1.807, 2.05) is 0 Å². The third-order valence-electron chi connectivity index (χ3n) is 3.12. The molecular formula is C16H9ClN2O4. The summed E-state index contributed by atoms with van der Waals surface area (Å²) in [5, 5.41) is 11.2. The standard InChI is InChI=1S/C16H9ClN2O4/c17-12-5-3-11(4-6-12)15-18-14(16(20)23-15)9-10-1-7-13(8-2-10)19(21)22/h1-9H/b14-9-. The van der Waals surface area contributed by atoms with Gasteiger partial charge in [-0.1, -0.05) is 11.6 Å². The van der Waals surface area contributed by atoms with Crippen molar-refractivity contribution < 1.29 is 14.5 Å². The molecule has 0 saturated heterocycles. The Morgan fingerprint density at radius 2 is 1.74 bits per heavy atom. The average molecular weight is 329 g/mol. The second-order valence-corrected chi connectivity index (χ2v) is 5.13. The number of carbonyl (C=O) groups excluding carboxylic acids is 1. The average Bonchev–Trinajstić information content (AvgIpc) is 2.89. The number of non-ortho nitro benzene ring substituents is 1. The van der Waals surface area contributed by atoms with Gasteiger partial charge in [-0.05, 0) is 48.0 Å². The number of benzene rings is 2. The molecule has 114 valence electrons. The maximum atomic E-state index is 11.9. The summed E-state index contributed by atoms with van der Waals surface area (Å²) in [5.41, 5.74) is 1.36. The zero-order chi connectivity index (χ0) is 16.4. The summed E-state index contributed by atoms with van der Waals surface area (Å²) in [6.07, 6.45) is 1.51. The Bertz CT molecular complexity index is 839. The number of hydrogen-bond acceptors (Lipinski definition) is 5. The SMILES string of the molecule is O=C1OC(c2ccc(Cl)cc2)=N/C1=C\c1ccc([N+](=O)[O-])cc1. The molecule has 6 nitrogen and oxygen atoms in total. The normalized spacial score (nSPS) is 15.4. The van der Waals surface area contributed by atoms with E-state index < -0.39 is 10.9 Å². The minimum absolute atomic E-state index is 0.0218. The molecule has 7 heteroatoms. The molecule has 0 aliphatic carbocycles. The third-order valence-corrected chi connectivity index (χ3v) is 3.37. The lowest BCUT2D eigenvalue weighted by Gasteiger charge is -1.98. The van der Waals surface area contributed by atoms with Gasteiger partial charge in [0.05, 0.1) is 4.92 Å². The molecule has 0 saturated carbocycles. The second kappa shape index (κ2) is 6.02. The van der Waals surface area contributed by atoms with E-state index in [1.165, 1.54) is 30.3 Å². The van der Waals surface area contributed by atoms with Crippen LogP contribution in [0.3, 0.4) is 0 Å². The van der Waals surface area contributed by atoms with E-state index in [-0.39, 0.29) is 17.3 Å². The van der Waals surface area contributed by atoms with Gasteiger partial charge in [0.15, 0.2) is 5.70 Å². The molecule has 2 aromatic carbocycles. The highest BCUT2D eigenvalue weighted by molar-refractivity contribution is 6.30. The number of cyclic esters (lactones) is 1. The van der Waals surface area contributed by atoms with Crippen LogP contribution in [0.2, 0.25) is 5.02 Å². The smallest absolute Gasteiger partial charge is 0.363 e. The number of halogens is 1. The molecule has 23 heavy (non-hydrogen) atoms. The number of nitro groups is 1. The molecule has 1 aliphatic rings. The van der Waals surface area contributed by atoms with Crippen molar-refractivity contribution >= 4 is 35.2 Å². The Kier molecular flexibility index (Phi) is 3.91. The van der Waals surface area contributed by atoms with Gasteiger partial charge in [0.1, 0.15) is 0 Å². The number of nitro benzene ring substituents is 1. The predicted octanol–water partition coefficient (Wildman–Crippen LogP) is 3.59. The second-order valence-electron chi connectivity index (χ2n) is 4.69. The quantitative estimate of drug-likeness (QED) is 0.373. The number of hydrogen-bond donors (Lipinski definition) is 0. The molecule has 0 N–H and O–H groups in total. The van der Waals surface area contributed by atoms with Crippen molar-refractivity contribution in [1.82, 2.24) is 0 Å². The molecule has 3 rings (SSSR count). The molecule has 0 radical (unpaired) electrons. The fourth-order valence-corrected chi connectivity index (χ4v) is 2.10. The summed E-state index contributed by atoms with van der Waals surface area (Å²) in [4.78, 5) is 26.1. The number of rotatable bonds is 3. The van der Waals surface area contributed by atoms with Crippen molar-refractivity contribution in [2.45, 2.75) is 0 Å². The number of aliphatic imine (C=N–C) groups is 1. The molecule has 0 unspecified atom stereocenters. The van der Waals surface area contributed by atoms with Gasteiger partial charge in [0.25, 0.3) is 5.69 Å². The molecule has 0 spiro atoms. The van der Waals surface area contributed by atoms with Gasteiger partial charge < -0.3 is 4.74 Å². The predicted molar refractivity (Wildman–Crippen MR) is 85.2 cm³/mol. The molecule has 0 atom stereocenters. The van der Waals surface area contributed by atoms with E-state index in [9.17, 15) is 14.9 Å². The van der Waals surface area contributed by atoms with Crippen LogP contribution in [-0.4, -0.2) is 16.8 Å². The molecule has 1 aliphatic heterocycles. The first-order valence-electron chi connectivity index (χ1n) is 6.56. The van der Waals surface area contributed by atoms with Crippen molar-refractivity contribution in [2.24, 2.45) is 4.99 Å². The Morgan fingerprint density at radius 1 is 1.09 bits per heavy atom. The fraction of sp³-hybridized carbons (Fsp3) is 0. The van der Waals surface area contributed by atoms with Crippen LogP contribution in [0.15, 0.2) is 59.2 Å². The van der Waals surface area contributed by atoms with Crippen molar-refractivity contribution in [3.05, 3.63) is 80.5 Å². The molecule has 2 aromatic rings. The Hall–Kier alpha value is -2.99. The molecule has 0 bridgehead atoms. The summed E-state index contributed by atoms with van der Waals surface area (Å²) in [5.74, 6) is -0.381. The van der Waals surface area contributed by atoms with Crippen LogP contribution in [0, 0.1) is 10.1 Å². The van der Waals surface area contributed by atoms with Gasteiger partial charge in [-0.2, -0.15) is 0 Å². The van der Waals surface area contributed by atoms with E-state index in [0.717, 1.165) is 0 Å². The molecular weight excluding hydrogens is 320 g/mol. The zero-order valence-corrected chi connectivity index (χ0v) is 12.4. The minimum atomic E-state index is -0.576. The van der Waals surface area contributed by atoms with Crippen LogP contribution in [0.4, 0.5) is 5.69 Å². The lowest BCUT2D eigenvalue weighted by Crippen LogP contribution is -2.05. The highest BCUT2D eigenvalue weighted by Gasteiger charge is 2.24. The first-order chi connectivity index (χ1) is 11.0. The van der Waals surface area contributed by atoms with Crippen LogP contribution >= 0.6 is 11.6 Å². The van der Waals surface area contributed by atoms with E-state index in [4.69, 9.17) is 16.3 Å². The van der Waals surface area contributed by atoms with E-state index in [2.05, 4.69) is 4.99 Å². The Labute approximate surface area is 135 Å². The van der Waals surface area contributed by atoms with Gasteiger partial charge >= 0.3 is 5.97 Å². The summed E-state index contributed by atoms with van der Waals surface area (Å²) in [7, 11) is 0. The van der Waals surface area contributed by atoms with E-state index >= 15 is 0 Å². The lowest BCUT2D eigenvalue weighted by molar-refractivity contribution is -0.384. The highest BCUT2D eigenvalue weighted by Crippen LogP contribution is 2.21. The first kappa shape index (κ1) is 14.9. The number of ether oxygens (including phenoxy) is 1. The first-order valence-corrected chi connectivity index (χ1v) is 6.94. The van der Waals surface area contributed by atoms with Crippen molar-refractivity contribution in [3.63, 3.8) is 0 Å². The van der Waals surface area contributed by atoms with Crippen LogP contribution < -0.4 is 0 Å². The van der Waals surface area contributed by atoms with E-state index in [0.29, 0.717) is 16.1 Å². The van der Waals surface area contributed by atoms with Crippen LogP contribution in [0.1, 0.15) is 11.1 Å². The van der Waals surface area contributed by atoms with Gasteiger partial charge in [0.2, 0.25) is 5.90 Å². The summed E-state index contributed by atoms with van der Waals surface area (Å²) >= 11 is 5.81. The third kappa shape index (κ3) is 3.27. The Balaban J connectivity index is 1.88. The molecule has 0 fully saturated rings. The largest absolute Gasteiger partial charge is 0.402 e. The monoisotopic (exact) mass is 328 g/mol.